The topological polar surface area (TPSA) is 59.1 Å². The first-order valence-corrected chi connectivity index (χ1v) is 8.78. The molecule has 0 unspecified atom stereocenters. The third-order valence-electron chi connectivity index (χ3n) is 3.34. The lowest BCUT2D eigenvalue weighted by molar-refractivity contribution is 0.102. The molecule has 0 aliphatic carbocycles. The fourth-order valence-corrected chi connectivity index (χ4v) is 2.92. The highest BCUT2D eigenvalue weighted by Gasteiger charge is 2.08. The number of benzene rings is 2. The van der Waals surface area contributed by atoms with Gasteiger partial charge in [0.05, 0.1) is 5.52 Å². The molecule has 1 N–H and O–H groups in total. The minimum absolute atomic E-state index is 0.235. The van der Waals surface area contributed by atoms with Crippen molar-refractivity contribution in [3.8, 4) is 0 Å². The number of nitrogens with zero attached hydrogens (tertiary/aromatic N) is 1. The Balaban J connectivity index is 1.87. The van der Waals surface area contributed by atoms with Crippen molar-refractivity contribution in [2.24, 2.45) is 0 Å². The van der Waals surface area contributed by atoms with Gasteiger partial charge in [-0.2, -0.15) is 0 Å². The Morgan fingerprint density at radius 1 is 1.13 bits per heavy atom. The first-order chi connectivity index (χ1) is 11.0. The molecule has 4 nitrogen and oxygen atoms in total. The molecule has 0 aliphatic rings. The lowest BCUT2D eigenvalue weighted by Gasteiger charge is -2.07. The lowest BCUT2D eigenvalue weighted by Crippen LogP contribution is -2.12. The second-order valence-corrected chi connectivity index (χ2v) is 6.74. The van der Waals surface area contributed by atoms with E-state index >= 15 is 0 Å². The molecule has 0 bridgehead atoms. The minimum atomic E-state index is -1.09. The summed E-state index contributed by atoms with van der Waals surface area (Å²) in [6.45, 7) is 0. The van der Waals surface area contributed by atoms with Gasteiger partial charge in [0.25, 0.3) is 5.91 Å². The van der Waals surface area contributed by atoms with Crippen LogP contribution in [-0.4, -0.2) is 21.4 Å². The molecule has 6 heteroatoms. The van der Waals surface area contributed by atoms with Crippen molar-refractivity contribution < 1.29 is 9.00 Å². The van der Waals surface area contributed by atoms with Crippen LogP contribution in [0.1, 0.15) is 10.4 Å². The highest BCUT2D eigenvalue weighted by Crippen LogP contribution is 2.19. The smallest absolute Gasteiger partial charge is 0.255 e. The summed E-state index contributed by atoms with van der Waals surface area (Å²) >= 11 is 5.85. The van der Waals surface area contributed by atoms with Gasteiger partial charge in [0.1, 0.15) is 5.15 Å². The zero-order chi connectivity index (χ0) is 16.4. The molecular weight excluding hydrogens is 332 g/mol. The molecular formula is C17H13ClN2O2S. The van der Waals surface area contributed by atoms with E-state index in [1.54, 1.807) is 54.8 Å². The maximum atomic E-state index is 12.4. The number of rotatable bonds is 3. The van der Waals surface area contributed by atoms with Crippen LogP contribution in [-0.2, 0) is 10.8 Å². The van der Waals surface area contributed by atoms with E-state index in [4.69, 9.17) is 11.6 Å². The summed E-state index contributed by atoms with van der Waals surface area (Å²) in [5.41, 5.74) is 1.86. The molecule has 0 aliphatic heterocycles. The van der Waals surface area contributed by atoms with E-state index in [1.807, 2.05) is 6.07 Å². The molecule has 3 rings (SSSR count). The van der Waals surface area contributed by atoms with E-state index in [9.17, 15) is 9.00 Å². The van der Waals surface area contributed by atoms with Crippen molar-refractivity contribution >= 4 is 44.9 Å². The van der Waals surface area contributed by atoms with Crippen LogP contribution in [0.25, 0.3) is 10.9 Å². The molecule has 116 valence electrons. The van der Waals surface area contributed by atoms with E-state index in [-0.39, 0.29) is 5.91 Å². The van der Waals surface area contributed by atoms with Gasteiger partial charge in [0.2, 0.25) is 0 Å². The molecule has 0 fully saturated rings. The fourth-order valence-electron chi connectivity index (χ4n) is 2.20. The van der Waals surface area contributed by atoms with Crippen LogP contribution in [0.4, 0.5) is 5.69 Å². The number of fused-ring (bicyclic) bond motifs is 1. The second kappa shape index (κ2) is 6.48. The van der Waals surface area contributed by atoms with Crippen LogP contribution in [0, 0.1) is 0 Å². The van der Waals surface area contributed by atoms with Crippen molar-refractivity contribution in [2.75, 3.05) is 11.6 Å². The molecule has 0 saturated heterocycles. The molecule has 1 aromatic heterocycles. The summed E-state index contributed by atoms with van der Waals surface area (Å²) in [6.07, 6.45) is 1.60. The van der Waals surface area contributed by atoms with Crippen molar-refractivity contribution in [3.05, 3.63) is 65.3 Å². The normalized spacial score (nSPS) is 12.1. The number of hydrogen-bond donors (Lipinski definition) is 1. The highest BCUT2D eigenvalue weighted by atomic mass is 35.5. The summed E-state index contributed by atoms with van der Waals surface area (Å²) in [6, 6.07) is 15.7. The zero-order valence-corrected chi connectivity index (χ0v) is 13.8. The number of anilines is 1. The summed E-state index contributed by atoms with van der Waals surface area (Å²) in [5, 5.41) is 4.06. The van der Waals surface area contributed by atoms with Gasteiger partial charge in [-0.05, 0) is 48.5 Å². The average molecular weight is 345 g/mol. The van der Waals surface area contributed by atoms with Crippen LogP contribution < -0.4 is 5.32 Å². The Kier molecular flexibility index (Phi) is 4.41. The fraction of sp³-hybridized carbons (Fsp3) is 0.0588. The van der Waals surface area contributed by atoms with Crippen molar-refractivity contribution in [1.29, 1.82) is 0 Å². The van der Waals surface area contributed by atoms with Gasteiger partial charge in [-0.3, -0.25) is 9.00 Å². The van der Waals surface area contributed by atoms with Gasteiger partial charge < -0.3 is 5.32 Å². The third-order valence-corrected chi connectivity index (χ3v) is 4.47. The Morgan fingerprint density at radius 3 is 2.74 bits per heavy atom. The molecule has 3 aromatic rings. The number of pyridine rings is 1. The number of halogens is 1. The molecule has 0 saturated carbocycles. The van der Waals surface area contributed by atoms with E-state index < -0.39 is 10.8 Å². The van der Waals surface area contributed by atoms with Crippen molar-refractivity contribution in [3.63, 3.8) is 0 Å². The van der Waals surface area contributed by atoms with Crippen LogP contribution in [0.2, 0.25) is 5.15 Å². The highest BCUT2D eigenvalue weighted by molar-refractivity contribution is 7.84. The van der Waals surface area contributed by atoms with Crippen LogP contribution in [0.15, 0.2) is 59.5 Å². The maximum Gasteiger partial charge on any atom is 0.255 e. The molecule has 2 aromatic carbocycles. The monoisotopic (exact) mass is 344 g/mol. The van der Waals surface area contributed by atoms with E-state index in [0.29, 0.717) is 21.3 Å². The van der Waals surface area contributed by atoms with Crippen molar-refractivity contribution in [1.82, 2.24) is 4.98 Å². The Morgan fingerprint density at radius 2 is 1.96 bits per heavy atom. The average Bonchev–Trinajstić information content (AvgIpc) is 2.54. The SMILES string of the molecule is C[S@@](=O)c1cccc(NC(=O)c2ccc3nc(Cl)ccc3c2)c1. The van der Waals surface area contributed by atoms with Crippen molar-refractivity contribution in [2.45, 2.75) is 4.90 Å². The summed E-state index contributed by atoms with van der Waals surface area (Å²) in [4.78, 5) is 17.2. The van der Waals surface area contributed by atoms with Gasteiger partial charge in [0.15, 0.2) is 0 Å². The largest absolute Gasteiger partial charge is 0.322 e. The standard InChI is InChI=1S/C17H13ClN2O2S/c1-23(22)14-4-2-3-13(10-14)19-17(21)12-5-7-15-11(9-12)6-8-16(18)20-15/h2-10H,1H3,(H,19,21)/t23-/m1/s1. The molecule has 1 heterocycles. The summed E-state index contributed by atoms with van der Waals surface area (Å²) in [7, 11) is -1.09. The zero-order valence-electron chi connectivity index (χ0n) is 12.2. The molecule has 23 heavy (non-hydrogen) atoms. The quantitative estimate of drug-likeness (QED) is 0.733. The maximum absolute atomic E-state index is 12.4. The van der Waals surface area contributed by atoms with Gasteiger partial charge in [-0.1, -0.05) is 17.7 Å². The molecule has 1 atom stereocenters. The van der Waals surface area contributed by atoms with Gasteiger partial charge in [-0.15, -0.1) is 0 Å². The minimum Gasteiger partial charge on any atom is -0.322 e. The van der Waals surface area contributed by atoms with E-state index in [2.05, 4.69) is 10.3 Å². The lowest BCUT2D eigenvalue weighted by atomic mass is 10.1. The second-order valence-electron chi connectivity index (χ2n) is 4.98. The first kappa shape index (κ1) is 15.6. The van der Waals surface area contributed by atoms with Gasteiger partial charge in [-0.25, -0.2) is 4.98 Å². The van der Waals surface area contributed by atoms with Crippen LogP contribution in [0.3, 0.4) is 0 Å². The Bertz CT molecular complexity index is 927. The summed E-state index contributed by atoms with van der Waals surface area (Å²) < 4.78 is 11.5. The van der Waals surface area contributed by atoms with Gasteiger partial charge in [0, 0.05) is 38.6 Å². The number of hydrogen-bond acceptors (Lipinski definition) is 3. The number of carbonyl (C=O) groups is 1. The third kappa shape index (κ3) is 3.57. The molecule has 0 radical (unpaired) electrons. The van der Waals surface area contributed by atoms with Crippen LogP contribution >= 0.6 is 11.6 Å². The Labute approximate surface area is 141 Å². The van der Waals surface area contributed by atoms with Gasteiger partial charge >= 0.3 is 0 Å². The van der Waals surface area contributed by atoms with E-state index in [1.165, 1.54) is 0 Å². The molecule has 1 amide bonds. The Hall–Kier alpha value is -2.24. The predicted octanol–water partition coefficient (Wildman–Crippen LogP) is 3.88. The number of amides is 1. The van der Waals surface area contributed by atoms with Crippen LogP contribution in [0.5, 0.6) is 0 Å². The molecule has 0 spiro atoms. The summed E-state index contributed by atoms with van der Waals surface area (Å²) in [5.74, 6) is -0.235. The van der Waals surface area contributed by atoms with E-state index in [0.717, 1.165) is 10.9 Å². The number of nitrogens with one attached hydrogen (secondary N) is 1. The first-order valence-electron chi connectivity index (χ1n) is 6.84. The predicted molar refractivity (Wildman–Crippen MR) is 93.5 cm³/mol. The number of carbonyl (C=O) groups excluding carboxylic acids is 1. The number of aromatic nitrogens is 1.